The van der Waals surface area contributed by atoms with E-state index in [1.165, 1.54) is 16.7 Å². The van der Waals surface area contributed by atoms with Crippen molar-refractivity contribution in [2.75, 3.05) is 18.6 Å². The van der Waals surface area contributed by atoms with Gasteiger partial charge in [-0.05, 0) is 37.0 Å². The number of carbonyl (C=O) groups is 1. The molecule has 2 aromatic rings. The van der Waals surface area contributed by atoms with Crippen molar-refractivity contribution in [1.82, 2.24) is 4.57 Å². The minimum Gasteiger partial charge on any atom is -0.507 e. The molecule has 0 saturated carbocycles. The summed E-state index contributed by atoms with van der Waals surface area (Å²) in [5.74, 6) is 0.781. The van der Waals surface area contributed by atoms with Gasteiger partial charge in [0.05, 0.1) is 6.61 Å². The number of rotatable bonds is 7. The average molecular weight is 359 g/mol. The minimum atomic E-state index is -0.535. The van der Waals surface area contributed by atoms with Crippen LogP contribution in [0.2, 0.25) is 0 Å². The number of thioether (sulfide) groups is 1. The molecule has 5 nitrogen and oxygen atoms in total. The Bertz CT molecular complexity index is 855. The van der Waals surface area contributed by atoms with Crippen LogP contribution in [0.25, 0.3) is 6.08 Å². The van der Waals surface area contributed by atoms with Crippen molar-refractivity contribution in [2.45, 2.75) is 6.92 Å². The first kappa shape index (κ1) is 18.9. The summed E-state index contributed by atoms with van der Waals surface area (Å²) in [7, 11) is 1.56. The molecule has 0 bridgehead atoms. The molecule has 0 radical (unpaired) electrons. The predicted octanol–water partition coefficient (Wildman–Crippen LogP) is 3.04. The molecule has 0 amide bonds. The number of aryl methyl sites for hydroxylation is 1. The van der Waals surface area contributed by atoms with Gasteiger partial charge in [-0.15, -0.1) is 0 Å². The molecule has 1 aromatic heterocycles. The number of hydrogen-bond donors (Lipinski definition) is 1. The van der Waals surface area contributed by atoms with Crippen LogP contribution in [0, 0.1) is 6.92 Å². The first-order valence-corrected chi connectivity index (χ1v) is 9.17. The molecule has 1 N–H and O–H groups in total. The normalized spacial score (nSPS) is 11.0. The molecular formula is C19H21NO4S. The van der Waals surface area contributed by atoms with E-state index in [1.807, 2.05) is 30.5 Å². The van der Waals surface area contributed by atoms with E-state index in [9.17, 15) is 14.7 Å². The van der Waals surface area contributed by atoms with Gasteiger partial charge in [0.2, 0.25) is 0 Å². The lowest BCUT2D eigenvalue weighted by Gasteiger charge is -2.07. The number of ketones is 1. The first-order valence-electron chi connectivity index (χ1n) is 7.78. The second-order valence-electron chi connectivity index (χ2n) is 5.52. The SMILES string of the molecule is CSCCOc1cccc(C=CC(=O)c2c(O)cc(C)n(C)c2=O)c1. The van der Waals surface area contributed by atoms with Crippen LogP contribution in [0.5, 0.6) is 11.5 Å². The number of pyridine rings is 1. The Labute approximate surface area is 151 Å². The fourth-order valence-electron chi connectivity index (χ4n) is 2.24. The highest BCUT2D eigenvalue weighted by molar-refractivity contribution is 7.98. The maximum atomic E-state index is 12.3. The maximum Gasteiger partial charge on any atom is 0.265 e. The summed E-state index contributed by atoms with van der Waals surface area (Å²) in [5.41, 5.74) is 0.620. The van der Waals surface area contributed by atoms with Crippen molar-refractivity contribution in [2.24, 2.45) is 7.05 Å². The van der Waals surface area contributed by atoms with Gasteiger partial charge in [0.1, 0.15) is 17.1 Å². The standard InChI is InChI=1S/C19H21NO4S/c1-13-11-17(22)18(19(23)20(13)2)16(21)8-7-14-5-4-6-15(12-14)24-9-10-25-3/h4-8,11-12,22H,9-10H2,1-3H3. The van der Waals surface area contributed by atoms with Gasteiger partial charge in [-0.3, -0.25) is 9.59 Å². The van der Waals surface area contributed by atoms with E-state index < -0.39 is 11.3 Å². The van der Waals surface area contributed by atoms with Gasteiger partial charge in [-0.1, -0.05) is 18.2 Å². The summed E-state index contributed by atoms with van der Waals surface area (Å²) in [5, 5.41) is 9.94. The van der Waals surface area contributed by atoms with E-state index in [0.717, 1.165) is 17.1 Å². The summed E-state index contributed by atoms with van der Waals surface area (Å²) in [6.45, 7) is 2.30. The largest absolute Gasteiger partial charge is 0.507 e. The van der Waals surface area contributed by atoms with Gasteiger partial charge in [-0.2, -0.15) is 11.8 Å². The Hall–Kier alpha value is -2.47. The summed E-state index contributed by atoms with van der Waals surface area (Å²) in [6, 6.07) is 8.74. The zero-order valence-corrected chi connectivity index (χ0v) is 15.3. The fraction of sp³-hybridized carbons (Fsp3) is 0.263. The number of ether oxygens (including phenoxy) is 1. The molecule has 0 saturated heterocycles. The first-order chi connectivity index (χ1) is 11.9. The van der Waals surface area contributed by atoms with Crippen molar-refractivity contribution < 1.29 is 14.6 Å². The van der Waals surface area contributed by atoms with E-state index in [2.05, 4.69) is 0 Å². The molecule has 1 heterocycles. The summed E-state index contributed by atoms with van der Waals surface area (Å²) >= 11 is 1.70. The Balaban J connectivity index is 2.20. The summed E-state index contributed by atoms with van der Waals surface area (Å²) < 4.78 is 6.95. The smallest absolute Gasteiger partial charge is 0.265 e. The highest BCUT2D eigenvalue weighted by Crippen LogP contribution is 2.18. The molecule has 6 heteroatoms. The Kier molecular flexibility index (Phi) is 6.47. The number of aromatic hydroxyl groups is 1. The van der Waals surface area contributed by atoms with Gasteiger partial charge in [0.15, 0.2) is 5.78 Å². The second kappa shape index (κ2) is 8.58. The van der Waals surface area contributed by atoms with Crippen LogP contribution in [0.3, 0.4) is 0 Å². The number of benzene rings is 1. The lowest BCUT2D eigenvalue weighted by molar-refractivity contribution is 0.104. The highest BCUT2D eigenvalue weighted by Gasteiger charge is 2.16. The van der Waals surface area contributed by atoms with Crippen molar-refractivity contribution in [3.05, 3.63) is 63.6 Å². The van der Waals surface area contributed by atoms with E-state index in [1.54, 1.807) is 31.8 Å². The monoisotopic (exact) mass is 359 g/mol. The molecule has 0 spiro atoms. The van der Waals surface area contributed by atoms with Crippen LogP contribution >= 0.6 is 11.8 Å². The molecular weight excluding hydrogens is 338 g/mol. The Morgan fingerprint density at radius 3 is 2.84 bits per heavy atom. The highest BCUT2D eigenvalue weighted by atomic mass is 32.2. The molecule has 0 aliphatic rings. The molecule has 2 rings (SSSR count). The number of hydrogen-bond acceptors (Lipinski definition) is 5. The Morgan fingerprint density at radius 2 is 2.12 bits per heavy atom. The van der Waals surface area contributed by atoms with Crippen molar-refractivity contribution in [1.29, 1.82) is 0 Å². The maximum absolute atomic E-state index is 12.3. The van der Waals surface area contributed by atoms with Crippen LogP contribution in [0.15, 0.2) is 41.2 Å². The van der Waals surface area contributed by atoms with Crippen molar-refractivity contribution in [3.63, 3.8) is 0 Å². The zero-order valence-electron chi connectivity index (χ0n) is 14.5. The van der Waals surface area contributed by atoms with E-state index in [4.69, 9.17) is 4.74 Å². The third-order valence-electron chi connectivity index (χ3n) is 3.74. The molecule has 0 unspecified atom stereocenters. The molecule has 132 valence electrons. The summed E-state index contributed by atoms with van der Waals surface area (Å²) in [6.07, 6.45) is 4.90. The average Bonchev–Trinajstić information content (AvgIpc) is 2.59. The third kappa shape index (κ3) is 4.76. The van der Waals surface area contributed by atoms with Crippen molar-refractivity contribution >= 4 is 23.6 Å². The van der Waals surface area contributed by atoms with Crippen LogP contribution in [-0.2, 0) is 7.05 Å². The molecule has 0 aliphatic heterocycles. The van der Waals surface area contributed by atoms with Crippen LogP contribution in [0.4, 0.5) is 0 Å². The number of allylic oxidation sites excluding steroid dienone is 1. The predicted molar refractivity (Wildman–Crippen MR) is 102 cm³/mol. The number of carbonyl (C=O) groups excluding carboxylic acids is 1. The zero-order chi connectivity index (χ0) is 18.4. The molecule has 0 fully saturated rings. The van der Waals surface area contributed by atoms with E-state index in [-0.39, 0.29) is 11.3 Å². The lowest BCUT2D eigenvalue weighted by atomic mass is 10.1. The van der Waals surface area contributed by atoms with Crippen molar-refractivity contribution in [3.8, 4) is 11.5 Å². The fourth-order valence-corrected chi connectivity index (χ4v) is 2.49. The van der Waals surface area contributed by atoms with E-state index in [0.29, 0.717) is 12.3 Å². The van der Waals surface area contributed by atoms with Gasteiger partial charge in [-0.25, -0.2) is 0 Å². The molecule has 0 atom stereocenters. The third-order valence-corrected chi connectivity index (χ3v) is 4.31. The topological polar surface area (TPSA) is 68.5 Å². The Morgan fingerprint density at radius 1 is 1.36 bits per heavy atom. The van der Waals surface area contributed by atoms with Gasteiger partial charge in [0.25, 0.3) is 5.56 Å². The van der Waals surface area contributed by atoms with Gasteiger partial charge in [0, 0.05) is 24.6 Å². The summed E-state index contributed by atoms with van der Waals surface area (Å²) in [4.78, 5) is 24.5. The molecule has 25 heavy (non-hydrogen) atoms. The van der Waals surface area contributed by atoms with Crippen LogP contribution < -0.4 is 10.3 Å². The van der Waals surface area contributed by atoms with Crippen LogP contribution in [-0.4, -0.2) is 34.1 Å². The quantitative estimate of drug-likeness (QED) is 0.467. The second-order valence-corrected chi connectivity index (χ2v) is 6.51. The minimum absolute atomic E-state index is 0.225. The lowest BCUT2D eigenvalue weighted by Crippen LogP contribution is -2.25. The molecule has 1 aromatic carbocycles. The number of aromatic nitrogens is 1. The van der Waals surface area contributed by atoms with E-state index >= 15 is 0 Å². The van der Waals surface area contributed by atoms with Gasteiger partial charge < -0.3 is 14.4 Å². The number of nitrogens with zero attached hydrogens (tertiary/aromatic N) is 1. The molecule has 0 aliphatic carbocycles. The van der Waals surface area contributed by atoms with Gasteiger partial charge >= 0.3 is 0 Å². The van der Waals surface area contributed by atoms with Crippen LogP contribution in [0.1, 0.15) is 21.6 Å².